The van der Waals surface area contributed by atoms with E-state index in [1.165, 1.54) is 0 Å². The van der Waals surface area contributed by atoms with Crippen LogP contribution in [-0.2, 0) is 0 Å². The fourth-order valence-corrected chi connectivity index (χ4v) is 1.75. The molecule has 1 rings (SSSR count). The first-order chi connectivity index (χ1) is 9.08. The van der Waals surface area contributed by atoms with Crippen molar-refractivity contribution in [3.63, 3.8) is 0 Å². The molecule has 1 atom stereocenters. The third kappa shape index (κ3) is 4.89. The van der Waals surface area contributed by atoms with Crippen LogP contribution >= 0.6 is 0 Å². The van der Waals surface area contributed by atoms with Gasteiger partial charge >= 0.3 is 0 Å². The lowest BCUT2D eigenvalue weighted by Crippen LogP contribution is -2.39. The summed E-state index contributed by atoms with van der Waals surface area (Å²) in [6, 6.07) is 5.33. The van der Waals surface area contributed by atoms with Crippen LogP contribution in [0.3, 0.4) is 0 Å². The van der Waals surface area contributed by atoms with Gasteiger partial charge in [0.05, 0.1) is 6.04 Å². The van der Waals surface area contributed by atoms with E-state index in [9.17, 15) is 4.39 Å². The number of unbranched alkanes of at least 4 members (excludes halogenated alkanes) is 1. The van der Waals surface area contributed by atoms with E-state index >= 15 is 0 Å². The number of benzene rings is 1. The zero-order valence-corrected chi connectivity index (χ0v) is 12.3. The molecule has 0 saturated heterocycles. The molecule has 0 aliphatic heterocycles. The molecule has 0 aromatic heterocycles. The van der Waals surface area contributed by atoms with Crippen molar-refractivity contribution < 1.29 is 4.39 Å². The van der Waals surface area contributed by atoms with Crippen LogP contribution in [0.15, 0.2) is 23.2 Å². The van der Waals surface area contributed by atoms with E-state index < -0.39 is 0 Å². The molecule has 0 saturated carbocycles. The fraction of sp³-hybridized carbons (Fsp3) is 0.533. The van der Waals surface area contributed by atoms with Gasteiger partial charge in [-0.3, -0.25) is 4.99 Å². The molecule has 0 spiro atoms. The van der Waals surface area contributed by atoms with Crippen molar-refractivity contribution in [2.45, 2.75) is 39.7 Å². The summed E-state index contributed by atoms with van der Waals surface area (Å²) in [6.45, 7) is 6.81. The molecule has 0 aliphatic rings. The van der Waals surface area contributed by atoms with E-state index in [2.05, 4.69) is 22.5 Å². The van der Waals surface area contributed by atoms with Crippen LogP contribution in [0, 0.1) is 12.7 Å². The fourth-order valence-electron chi connectivity index (χ4n) is 1.75. The summed E-state index contributed by atoms with van der Waals surface area (Å²) in [5.74, 6) is 0.585. The van der Waals surface area contributed by atoms with Crippen molar-refractivity contribution >= 4 is 5.96 Å². The largest absolute Gasteiger partial charge is 0.356 e. The highest BCUT2D eigenvalue weighted by molar-refractivity contribution is 5.80. The van der Waals surface area contributed by atoms with Gasteiger partial charge in [-0.25, -0.2) is 4.39 Å². The van der Waals surface area contributed by atoms with Gasteiger partial charge < -0.3 is 10.6 Å². The standard InChI is InChI=1S/C15H24FN3/c1-5-6-9-18-15(17-4)19-12(3)13-8-7-11(2)14(16)10-13/h7-8,10,12H,5-6,9H2,1-4H3,(H2,17,18,19). The summed E-state index contributed by atoms with van der Waals surface area (Å²) < 4.78 is 13.5. The quantitative estimate of drug-likeness (QED) is 0.487. The average Bonchev–Trinajstić information content (AvgIpc) is 2.40. The van der Waals surface area contributed by atoms with Crippen molar-refractivity contribution in [2.75, 3.05) is 13.6 Å². The monoisotopic (exact) mass is 265 g/mol. The van der Waals surface area contributed by atoms with Crippen molar-refractivity contribution in [3.8, 4) is 0 Å². The average molecular weight is 265 g/mol. The summed E-state index contributed by atoms with van der Waals surface area (Å²) in [7, 11) is 1.74. The van der Waals surface area contributed by atoms with Gasteiger partial charge in [-0.2, -0.15) is 0 Å². The van der Waals surface area contributed by atoms with Crippen LogP contribution in [0.5, 0.6) is 0 Å². The second kappa shape index (κ2) is 7.77. The molecule has 3 nitrogen and oxygen atoms in total. The summed E-state index contributed by atoms with van der Waals surface area (Å²) in [5, 5.41) is 6.50. The minimum atomic E-state index is -0.167. The van der Waals surface area contributed by atoms with E-state index in [4.69, 9.17) is 0 Å². The molecule has 0 radical (unpaired) electrons. The van der Waals surface area contributed by atoms with Gasteiger partial charge in [0, 0.05) is 13.6 Å². The summed E-state index contributed by atoms with van der Waals surface area (Å²) in [4.78, 5) is 4.17. The lowest BCUT2D eigenvalue weighted by atomic mass is 10.1. The lowest BCUT2D eigenvalue weighted by molar-refractivity contribution is 0.607. The van der Waals surface area contributed by atoms with E-state index in [1.807, 2.05) is 13.0 Å². The molecule has 0 aliphatic carbocycles. The summed E-state index contributed by atoms with van der Waals surface area (Å²) in [5.41, 5.74) is 1.59. The van der Waals surface area contributed by atoms with Crippen LogP contribution in [-0.4, -0.2) is 19.6 Å². The second-order valence-corrected chi connectivity index (χ2v) is 4.73. The number of aliphatic imine (C=N–C) groups is 1. The van der Waals surface area contributed by atoms with Crippen LogP contribution in [0.2, 0.25) is 0 Å². The van der Waals surface area contributed by atoms with Gasteiger partial charge in [0.1, 0.15) is 5.82 Å². The Kier molecular flexibility index (Phi) is 6.33. The molecule has 0 bridgehead atoms. The van der Waals surface area contributed by atoms with E-state index in [1.54, 1.807) is 26.1 Å². The van der Waals surface area contributed by atoms with Crippen molar-refractivity contribution in [2.24, 2.45) is 4.99 Å². The Bertz CT molecular complexity index is 429. The van der Waals surface area contributed by atoms with Gasteiger partial charge in [-0.05, 0) is 37.5 Å². The molecule has 106 valence electrons. The van der Waals surface area contributed by atoms with E-state index in [0.717, 1.165) is 30.9 Å². The minimum absolute atomic E-state index is 0.0166. The number of halogens is 1. The molecule has 0 heterocycles. The lowest BCUT2D eigenvalue weighted by Gasteiger charge is -2.18. The van der Waals surface area contributed by atoms with Crippen LogP contribution < -0.4 is 10.6 Å². The zero-order valence-electron chi connectivity index (χ0n) is 12.3. The number of hydrogen-bond donors (Lipinski definition) is 2. The first-order valence-electron chi connectivity index (χ1n) is 6.81. The predicted octanol–water partition coefficient (Wildman–Crippen LogP) is 3.16. The highest BCUT2D eigenvalue weighted by Gasteiger charge is 2.09. The molecular formula is C15H24FN3. The molecule has 0 fully saturated rings. The molecule has 19 heavy (non-hydrogen) atoms. The molecule has 1 unspecified atom stereocenters. The van der Waals surface area contributed by atoms with Crippen LogP contribution in [0.1, 0.15) is 43.9 Å². The van der Waals surface area contributed by atoms with Crippen molar-refractivity contribution in [1.82, 2.24) is 10.6 Å². The minimum Gasteiger partial charge on any atom is -0.356 e. The first-order valence-corrected chi connectivity index (χ1v) is 6.81. The predicted molar refractivity (Wildman–Crippen MR) is 79.0 cm³/mol. The first kappa shape index (κ1) is 15.5. The van der Waals surface area contributed by atoms with E-state index in [0.29, 0.717) is 5.56 Å². The SMILES string of the molecule is CCCCNC(=NC)NC(C)c1ccc(C)c(F)c1. The van der Waals surface area contributed by atoms with Crippen LogP contribution in [0.4, 0.5) is 4.39 Å². The number of rotatable bonds is 5. The topological polar surface area (TPSA) is 36.4 Å². The number of nitrogens with one attached hydrogen (secondary N) is 2. The Balaban J connectivity index is 2.61. The third-order valence-corrected chi connectivity index (χ3v) is 3.10. The number of nitrogens with zero attached hydrogens (tertiary/aromatic N) is 1. The second-order valence-electron chi connectivity index (χ2n) is 4.73. The molecule has 2 N–H and O–H groups in total. The van der Waals surface area contributed by atoms with E-state index in [-0.39, 0.29) is 11.9 Å². The maximum atomic E-state index is 13.5. The number of guanidine groups is 1. The van der Waals surface area contributed by atoms with Gasteiger partial charge in [-0.15, -0.1) is 0 Å². The summed E-state index contributed by atoms with van der Waals surface area (Å²) >= 11 is 0. The Morgan fingerprint density at radius 3 is 2.74 bits per heavy atom. The maximum Gasteiger partial charge on any atom is 0.191 e. The molecule has 1 aromatic carbocycles. The number of aryl methyl sites for hydroxylation is 1. The normalized spacial score (nSPS) is 13.2. The van der Waals surface area contributed by atoms with Gasteiger partial charge in [0.25, 0.3) is 0 Å². The maximum absolute atomic E-state index is 13.5. The third-order valence-electron chi connectivity index (χ3n) is 3.10. The van der Waals surface area contributed by atoms with Gasteiger partial charge in [0.15, 0.2) is 5.96 Å². The van der Waals surface area contributed by atoms with Gasteiger partial charge in [-0.1, -0.05) is 25.5 Å². The Labute approximate surface area is 115 Å². The van der Waals surface area contributed by atoms with Crippen molar-refractivity contribution in [3.05, 3.63) is 35.1 Å². The molecule has 1 aromatic rings. The zero-order chi connectivity index (χ0) is 14.3. The van der Waals surface area contributed by atoms with Crippen molar-refractivity contribution in [1.29, 1.82) is 0 Å². The highest BCUT2D eigenvalue weighted by atomic mass is 19.1. The van der Waals surface area contributed by atoms with Crippen LogP contribution in [0.25, 0.3) is 0 Å². The number of hydrogen-bond acceptors (Lipinski definition) is 1. The Hall–Kier alpha value is -1.58. The molecular weight excluding hydrogens is 241 g/mol. The molecule has 4 heteroatoms. The Morgan fingerprint density at radius 1 is 1.42 bits per heavy atom. The summed E-state index contributed by atoms with van der Waals surface area (Å²) in [6.07, 6.45) is 2.25. The molecule has 0 amide bonds. The smallest absolute Gasteiger partial charge is 0.191 e. The van der Waals surface area contributed by atoms with Gasteiger partial charge in [0.2, 0.25) is 0 Å². The highest BCUT2D eigenvalue weighted by Crippen LogP contribution is 2.16. The Morgan fingerprint density at radius 2 is 2.16 bits per heavy atom.